The molecule has 0 unspecified atom stereocenters. The first-order valence-electron chi connectivity index (χ1n) is 5.59. The first kappa shape index (κ1) is 15.1. The van der Waals surface area contributed by atoms with Crippen molar-refractivity contribution >= 4 is 33.1 Å². The SMILES string of the molecule is O=[N+]([O-])c1ccccc1CS(=O)(=O)Nc1ccc(Cl)nn1. The summed E-state index contributed by atoms with van der Waals surface area (Å²) in [6.07, 6.45) is 0. The predicted octanol–water partition coefficient (Wildman–Crippen LogP) is 1.98. The highest BCUT2D eigenvalue weighted by molar-refractivity contribution is 7.91. The van der Waals surface area contributed by atoms with Gasteiger partial charge in [0.2, 0.25) is 10.0 Å². The molecule has 1 heterocycles. The Morgan fingerprint density at radius 2 is 1.90 bits per heavy atom. The highest BCUT2D eigenvalue weighted by Crippen LogP contribution is 2.20. The number of halogens is 1. The Bertz CT molecular complexity index is 764. The van der Waals surface area contributed by atoms with Gasteiger partial charge in [-0.25, -0.2) is 8.42 Å². The first-order chi connectivity index (χ1) is 9.87. The van der Waals surface area contributed by atoms with E-state index in [2.05, 4.69) is 14.9 Å². The summed E-state index contributed by atoms with van der Waals surface area (Å²) in [7, 11) is -3.86. The molecule has 8 nitrogen and oxygen atoms in total. The molecule has 110 valence electrons. The number of anilines is 1. The summed E-state index contributed by atoms with van der Waals surface area (Å²) in [5, 5.41) is 18.0. The van der Waals surface area contributed by atoms with E-state index in [1.54, 1.807) is 0 Å². The van der Waals surface area contributed by atoms with Crippen molar-refractivity contribution < 1.29 is 13.3 Å². The summed E-state index contributed by atoms with van der Waals surface area (Å²) in [5.74, 6) is -0.563. The van der Waals surface area contributed by atoms with Crippen LogP contribution in [0.1, 0.15) is 5.56 Å². The van der Waals surface area contributed by atoms with Crippen molar-refractivity contribution in [3.05, 3.63) is 57.2 Å². The molecule has 0 aliphatic heterocycles. The molecule has 0 fully saturated rings. The van der Waals surface area contributed by atoms with Crippen LogP contribution in [-0.4, -0.2) is 23.5 Å². The molecule has 0 spiro atoms. The zero-order valence-corrected chi connectivity index (χ0v) is 12.0. The number of nitro benzene ring substituents is 1. The number of para-hydroxylation sites is 1. The van der Waals surface area contributed by atoms with Gasteiger partial charge in [-0.15, -0.1) is 10.2 Å². The molecule has 10 heteroatoms. The summed E-state index contributed by atoms with van der Waals surface area (Å²) in [6, 6.07) is 8.33. The van der Waals surface area contributed by atoms with E-state index < -0.39 is 20.7 Å². The van der Waals surface area contributed by atoms with Gasteiger partial charge in [0.25, 0.3) is 5.69 Å². The normalized spacial score (nSPS) is 11.1. The summed E-state index contributed by atoms with van der Waals surface area (Å²) < 4.78 is 26.2. The van der Waals surface area contributed by atoms with E-state index in [0.717, 1.165) is 0 Å². The number of nitrogens with one attached hydrogen (secondary N) is 1. The molecule has 0 aliphatic carbocycles. The van der Waals surface area contributed by atoms with Crippen LogP contribution in [0.15, 0.2) is 36.4 Å². The standard InChI is InChI=1S/C11H9ClN4O4S/c12-10-5-6-11(14-13-10)15-21(19,20)7-8-3-1-2-4-9(8)16(17)18/h1-6H,7H2,(H,14,15). The Morgan fingerprint density at radius 3 is 2.52 bits per heavy atom. The lowest BCUT2D eigenvalue weighted by Crippen LogP contribution is -2.16. The van der Waals surface area contributed by atoms with E-state index in [0.29, 0.717) is 0 Å². The fourth-order valence-corrected chi connectivity index (χ4v) is 2.84. The van der Waals surface area contributed by atoms with E-state index in [4.69, 9.17) is 11.6 Å². The van der Waals surface area contributed by atoms with Gasteiger partial charge in [-0.1, -0.05) is 29.8 Å². The number of nitrogens with zero attached hydrogens (tertiary/aromatic N) is 3. The topological polar surface area (TPSA) is 115 Å². The molecule has 1 N–H and O–H groups in total. The maximum Gasteiger partial charge on any atom is 0.273 e. The van der Waals surface area contributed by atoms with Gasteiger partial charge in [0, 0.05) is 11.6 Å². The van der Waals surface area contributed by atoms with Gasteiger partial charge in [-0.05, 0) is 12.1 Å². The van der Waals surface area contributed by atoms with Crippen molar-refractivity contribution in [1.29, 1.82) is 0 Å². The van der Waals surface area contributed by atoms with Crippen molar-refractivity contribution in [1.82, 2.24) is 10.2 Å². The van der Waals surface area contributed by atoms with Gasteiger partial charge in [0.15, 0.2) is 11.0 Å². The van der Waals surface area contributed by atoms with Gasteiger partial charge in [-0.2, -0.15) is 0 Å². The Morgan fingerprint density at radius 1 is 1.19 bits per heavy atom. The molecule has 0 bridgehead atoms. The Hall–Kier alpha value is -2.26. The van der Waals surface area contributed by atoms with Crippen LogP contribution in [0.4, 0.5) is 11.5 Å². The van der Waals surface area contributed by atoms with Crippen LogP contribution < -0.4 is 4.72 Å². The molecule has 0 saturated carbocycles. The van der Waals surface area contributed by atoms with Crippen molar-refractivity contribution in [2.24, 2.45) is 0 Å². The number of nitro groups is 1. The summed E-state index contributed by atoms with van der Waals surface area (Å²) in [6.45, 7) is 0. The van der Waals surface area contributed by atoms with Gasteiger partial charge in [0.05, 0.1) is 4.92 Å². The van der Waals surface area contributed by atoms with Crippen molar-refractivity contribution in [3.63, 3.8) is 0 Å². The fraction of sp³-hybridized carbons (Fsp3) is 0.0909. The van der Waals surface area contributed by atoms with Crippen LogP contribution >= 0.6 is 11.6 Å². The van der Waals surface area contributed by atoms with E-state index >= 15 is 0 Å². The maximum absolute atomic E-state index is 12.0. The molecule has 0 saturated heterocycles. The van der Waals surface area contributed by atoms with Gasteiger partial charge < -0.3 is 0 Å². The first-order valence-corrected chi connectivity index (χ1v) is 7.62. The van der Waals surface area contributed by atoms with E-state index in [-0.39, 0.29) is 22.2 Å². The third-order valence-corrected chi connectivity index (χ3v) is 3.84. The third kappa shape index (κ3) is 4.10. The molecule has 2 aromatic rings. The number of rotatable bonds is 5. The average Bonchev–Trinajstić information content (AvgIpc) is 2.41. The Balaban J connectivity index is 2.22. The van der Waals surface area contributed by atoms with Crippen molar-refractivity contribution in [2.45, 2.75) is 5.75 Å². The van der Waals surface area contributed by atoms with Gasteiger partial charge in [-0.3, -0.25) is 14.8 Å². The van der Waals surface area contributed by atoms with E-state index in [1.165, 1.54) is 36.4 Å². The average molecular weight is 329 g/mol. The van der Waals surface area contributed by atoms with E-state index in [9.17, 15) is 18.5 Å². The molecular formula is C11H9ClN4O4S. The molecule has 2 rings (SSSR count). The second-order valence-electron chi connectivity index (χ2n) is 3.99. The highest BCUT2D eigenvalue weighted by Gasteiger charge is 2.20. The second kappa shape index (κ2) is 6.02. The number of aromatic nitrogens is 2. The predicted molar refractivity (Wildman–Crippen MR) is 76.4 cm³/mol. The number of hydrogen-bond donors (Lipinski definition) is 1. The van der Waals surface area contributed by atoms with Crippen LogP contribution in [0, 0.1) is 10.1 Å². The third-order valence-electron chi connectivity index (χ3n) is 2.43. The fourth-order valence-electron chi connectivity index (χ4n) is 1.58. The lowest BCUT2D eigenvalue weighted by Gasteiger charge is -2.07. The molecule has 0 aliphatic rings. The highest BCUT2D eigenvalue weighted by atomic mass is 35.5. The lowest BCUT2D eigenvalue weighted by atomic mass is 10.2. The quantitative estimate of drug-likeness (QED) is 0.662. The van der Waals surface area contributed by atoms with Crippen molar-refractivity contribution in [2.75, 3.05) is 4.72 Å². The Labute approximate surface area is 125 Å². The van der Waals surface area contributed by atoms with Crippen molar-refractivity contribution in [3.8, 4) is 0 Å². The summed E-state index contributed by atoms with van der Waals surface area (Å²) in [4.78, 5) is 10.2. The largest absolute Gasteiger partial charge is 0.273 e. The minimum absolute atomic E-state index is 0.0158. The zero-order chi connectivity index (χ0) is 15.5. The van der Waals surface area contributed by atoms with Crippen LogP contribution in [0.25, 0.3) is 0 Å². The molecule has 0 radical (unpaired) electrons. The van der Waals surface area contributed by atoms with Crippen LogP contribution in [0.5, 0.6) is 0 Å². The molecule has 0 atom stereocenters. The van der Waals surface area contributed by atoms with Crippen LogP contribution in [-0.2, 0) is 15.8 Å². The summed E-state index contributed by atoms with van der Waals surface area (Å²) >= 11 is 5.54. The molecule has 1 aromatic carbocycles. The lowest BCUT2D eigenvalue weighted by molar-refractivity contribution is -0.385. The zero-order valence-electron chi connectivity index (χ0n) is 10.4. The van der Waals surface area contributed by atoms with Crippen LogP contribution in [0.2, 0.25) is 5.15 Å². The Kier molecular flexibility index (Phi) is 4.34. The second-order valence-corrected chi connectivity index (χ2v) is 6.10. The molecular weight excluding hydrogens is 320 g/mol. The summed E-state index contributed by atoms with van der Waals surface area (Å²) in [5.41, 5.74) is -0.179. The number of sulfonamides is 1. The van der Waals surface area contributed by atoms with Gasteiger partial charge >= 0.3 is 0 Å². The smallest absolute Gasteiger partial charge is 0.266 e. The molecule has 21 heavy (non-hydrogen) atoms. The minimum atomic E-state index is -3.86. The minimum Gasteiger partial charge on any atom is -0.266 e. The number of benzene rings is 1. The maximum atomic E-state index is 12.0. The molecule has 0 amide bonds. The van der Waals surface area contributed by atoms with E-state index in [1.807, 2.05) is 0 Å². The monoisotopic (exact) mass is 328 g/mol. The number of hydrogen-bond acceptors (Lipinski definition) is 6. The van der Waals surface area contributed by atoms with Crippen LogP contribution in [0.3, 0.4) is 0 Å². The van der Waals surface area contributed by atoms with Gasteiger partial charge in [0.1, 0.15) is 5.75 Å². The molecule has 1 aromatic heterocycles.